The van der Waals surface area contributed by atoms with Gasteiger partial charge in [-0.15, -0.1) is 0 Å². The maximum absolute atomic E-state index is 11.9. The summed E-state index contributed by atoms with van der Waals surface area (Å²) in [6.45, 7) is 7.98. The molecular weight excluding hydrogens is 292 g/mol. The van der Waals surface area contributed by atoms with Crippen molar-refractivity contribution in [3.8, 4) is 0 Å². The maximum Gasteiger partial charge on any atom is 0.236 e. The van der Waals surface area contributed by atoms with Crippen LogP contribution in [-0.2, 0) is 4.79 Å². The van der Waals surface area contributed by atoms with Gasteiger partial charge in [-0.25, -0.2) is 0 Å². The number of hydrogen-bond donors (Lipinski definition) is 1. The van der Waals surface area contributed by atoms with Gasteiger partial charge < -0.3 is 10.2 Å². The average molecular weight is 313 g/mol. The Morgan fingerprint density at radius 3 is 2.61 bits per heavy atom. The molecular formula is C14H21BrN2O. The van der Waals surface area contributed by atoms with E-state index in [0.29, 0.717) is 6.54 Å². The molecule has 1 aromatic rings. The van der Waals surface area contributed by atoms with Crippen LogP contribution in [0.3, 0.4) is 0 Å². The monoisotopic (exact) mass is 312 g/mol. The Kier molecular flexibility index (Phi) is 6.36. The van der Waals surface area contributed by atoms with E-state index in [1.807, 2.05) is 30.9 Å². The second-order valence-corrected chi connectivity index (χ2v) is 5.14. The van der Waals surface area contributed by atoms with Crippen molar-refractivity contribution in [2.45, 2.75) is 26.8 Å². The number of benzene rings is 1. The fraction of sp³-hybridized carbons (Fsp3) is 0.500. The molecule has 0 aliphatic heterocycles. The summed E-state index contributed by atoms with van der Waals surface area (Å²) in [4.78, 5) is 13.7. The maximum atomic E-state index is 11.9. The standard InChI is InChI=1S/C14H21BrN2O/c1-4-17(5-2)14(18)10-16-11(3)12-7-6-8-13(15)9-12/h6-9,11,16H,4-5,10H2,1-3H3/t11-/m1/s1. The van der Waals surface area contributed by atoms with Gasteiger partial charge in [-0.2, -0.15) is 0 Å². The molecule has 1 atom stereocenters. The quantitative estimate of drug-likeness (QED) is 0.876. The van der Waals surface area contributed by atoms with Gasteiger partial charge in [-0.05, 0) is 38.5 Å². The van der Waals surface area contributed by atoms with E-state index in [9.17, 15) is 4.79 Å². The van der Waals surface area contributed by atoms with E-state index < -0.39 is 0 Å². The van der Waals surface area contributed by atoms with Crippen molar-refractivity contribution in [2.24, 2.45) is 0 Å². The number of carbonyl (C=O) groups is 1. The summed E-state index contributed by atoms with van der Waals surface area (Å²) in [6, 6.07) is 8.30. The Hall–Kier alpha value is -0.870. The number of nitrogens with zero attached hydrogens (tertiary/aromatic N) is 1. The van der Waals surface area contributed by atoms with Crippen molar-refractivity contribution in [3.63, 3.8) is 0 Å². The van der Waals surface area contributed by atoms with Gasteiger partial charge in [-0.1, -0.05) is 28.1 Å². The van der Waals surface area contributed by atoms with Crippen LogP contribution in [0, 0.1) is 0 Å². The Morgan fingerprint density at radius 1 is 1.39 bits per heavy atom. The van der Waals surface area contributed by atoms with Gasteiger partial charge in [0.15, 0.2) is 0 Å². The third-order valence-corrected chi connectivity index (χ3v) is 3.52. The lowest BCUT2D eigenvalue weighted by Gasteiger charge is -2.21. The molecule has 0 aliphatic carbocycles. The zero-order chi connectivity index (χ0) is 13.5. The number of hydrogen-bond acceptors (Lipinski definition) is 2. The van der Waals surface area contributed by atoms with E-state index in [1.165, 1.54) is 5.56 Å². The third kappa shape index (κ3) is 4.42. The lowest BCUT2D eigenvalue weighted by atomic mass is 10.1. The number of likely N-dealkylation sites (N-methyl/N-ethyl adjacent to an activating group) is 1. The summed E-state index contributed by atoms with van der Waals surface area (Å²) in [5, 5.41) is 3.26. The second kappa shape index (κ2) is 7.54. The van der Waals surface area contributed by atoms with E-state index in [1.54, 1.807) is 0 Å². The highest BCUT2D eigenvalue weighted by Gasteiger charge is 2.11. The van der Waals surface area contributed by atoms with Crippen molar-refractivity contribution in [3.05, 3.63) is 34.3 Å². The molecule has 3 nitrogen and oxygen atoms in total. The lowest BCUT2D eigenvalue weighted by molar-refractivity contribution is -0.129. The lowest BCUT2D eigenvalue weighted by Crippen LogP contribution is -2.38. The molecule has 18 heavy (non-hydrogen) atoms. The van der Waals surface area contributed by atoms with Gasteiger partial charge >= 0.3 is 0 Å². The first-order valence-corrected chi connectivity index (χ1v) is 7.14. The van der Waals surface area contributed by atoms with Crippen molar-refractivity contribution in [1.82, 2.24) is 10.2 Å². The summed E-state index contributed by atoms with van der Waals surface area (Å²) >= 11 is 3.45. The highest BCUT2D eigenvalue weighted by molar-refractivity contribution is 9.10. The van der Waals surface area contributed by atoms with E-state index >= 15 is 0 Å². The number of carbonyl (C=O) groups excluding carboxylic acids is 1. The molecule has 0 heterocycles. The van der Waals surface area contributed by atoms with E-state index in [0.717, 1.165) is 17.6 Å². The van der Waals surface area contributed by atoms with E-state index in [4.69, 9.17) is 0 Å². The van der Waals surface area contributed by atoms with Gasteiger partial charge in [-0.3, -0.25) is 4.79 Å². The van der Waals surface area contributed by atoms with Gasteiger partial charge in [0.05, 0.1) is 6.54 Å². The second-order valence-electron chi connectivity index (χ2n) is 4.22. The Labute approximate surface area is 118 Å². The predicted octanol–water partition coefficient (Wildman–Crippen LogP) is 2.97. The molecule has 100 valence electrons. The van der Waals surface area contributed by atoms with Crippen molar-refractivity contribution < 1.29 is 4.79 Å². The smallest absolute Gasteiger partial charge is 0.236 e. The molecule has 0 radical (unpaired) electrons. The molecule has 0 fully saturated rings. The van der Waals surface area contributed by atoms with Crippen LogP contribution in [-0.4, -0.2) is 30.4 Å². The minimum atomic E-state index is 0.154. The molecule has 0 aliphatic rings. The fourth-order valence-electron chi connectivity index (χ4n) is 1.82. The highest BCUT2D eigenvalue weighted by Crippen LogP contribution is 2.17. The van der Waals surface area contributed by atoms with E-state index in [2.05, 4.69) is 40.3 Å². The minimum Gasteiger partial charge on any atom is -0.342 e. The number of nitrogens with one attached hydrogen (secondary N) is 1. The summed E-state index contributed by atoms with van der Waals surface area (Å²) < 4.78 is 1.06. The molecule has 1 aromatic carbocycles. The molecule has 0 aromatic heterocycles. The molecule has 4 heteroatoms. The SMILES string of the molecule is CCN(CC)C(=O)CN[C@H](C)c1cccc(Br)c1. The first-order valence-electron chi connectivity index (χ1n) is 6.35. The third-order valence-electron chi connectivity index (χ3n) is 3.02. The average Bonchev–Trinajstić information content (AvgIpc) is 2.37. The summed E-state index contributed by atoms with van der Waals surface area (Å²) in [5.74, 6) is 0.154. The largest absolute Gasteiger partial charge is 0.342 e. The molecule has 0 saturated carbocycles. The van der Waals surface area contributed by atoms with Crippen LogP contribution in [0.4, 0.5) is 0 Å². The predicted molar refractivity (Wildman–Crippen MR) is 78.5 cm³/mol. The molecule has 1 amide bonds. The van der Waals surface area contributed by atoms with Crippen molar-refractivity contribution in [1.29, 1.82) is 0 Å². The number of amides is 1. The minimum absolute atomic E-state index is 0.154. The molecule has 0 unspecified atom stereocenters. The molecule has 0 bridgehead atoms. The molecule has 1 N–H and O–H groups in total. The molecule has 0 saturated heterocycles. The zero-order valence-corrected chi connectivity index (χ0v) is 12.8. The number of halogens is 1. The van der Waals surface area contributed by atoms with Crippen LogP contribution in [0.2, 0.25) is 0 Å². The van der Waals surface area contributed by atoms with Gasteiger partial charge in [0.1, 0.15) is 0 Å². The summed E-state index contributed by atoms with van der Waals surface area (Å²) in [7, 11) is 0. The summed E-state index contributed by atoms with van der Waals surface area (Å²) in [5.41, 5.74) is 1.18. The Balaban J connectivity index is 2.51. The van der Waals surface area contributed by atoms with Crippen LogP contribution in [0.15, 0.2) is 28.7 Å². The first-order chi connectivity index (χ1) is 8.58. The first kappa shape index (κ1) is 15.2. The van der Waals surface area contributed by atoms with Crippen molar-refractivity contribution in [2.75, 3.05) is 19.6 Å². The topological polar surface area (TPSA) is 32.3 Å². The Morgan fingerprint density at radius 2 is 2.06 bits per heavy atom. The van der Waals surface area contributed by atoms with Gasteiger partial charge in [0.25, 0.3) is 0 Å². The van der Waals surface area contributed by atoms with Crippen LogP contribution < -0.4 is 5.32 Å². The van der Waals surface area contributed by atoms with Crippen LogP contribution >= 0.6 is 15.9 Å². The van der Waals surface area contributed by atoms with Crippen LogP contribution in [0.1, 0.15) is 32.4 Å². The zero-order valence-electron chi connectivity index (χ0n) is 11.2. The Bertz CT molecular complexity index is 391. The fourth-order valence-corrected chi connectivity index (χ4v) is 2.24. The molecule has 1 rings (SSSR count). The van der Waals surface area contributed by atoms with Crippen LogP contribution in [0.5, 0.6) is 0 Å². The van der Waals surface area contributed by atoms with Crippen molar-refractivity contribution >= 4 is 21.8 Å². The summed E-state index contributed by atoms with van der Waals surface area (Å²) in [6.07, 6.45) is 0. The molecule has 0 spiro atoms. The van der Waals surface area contributed by atoms with Gasteiger partial charge in [0.2, 0.25) is 5.91 Å². The van der Waals surface area contributed by atoms with Gasteiger partial charge in [0, 0.05) is 23.6 Å². The van der Waals surface area contributed by atoms with E-state index in [-0.39, 0.29) is 11.9 Å². The normalized spacial score (nSPS) is 12.2. The number of rotatable bonds is 6. The highest BCUT2D eigenvalue weighted by atomic mass is 79.9. The van der Waals surface area contributed by atoms with Crippen LogP contribution in [0.25, 0.3) is 0 Å².